The van der Waals surface area contributed by atoms with Crippen LogP contribution < -0.4 is 21.3 Å². The molecule has 4 amide bonds. The van der Waals surface area contributed by atoms with Crippen molar-refractivity contribution in [2.24, 2.45) is 11.8 Å². The summed E-state index contributed by atoms with van der Waals surface area (Å²) in [6.45, 7) is 9.10. The summed E-state index contributed by atoms with van der Waals surface area (Å²) in [5, 5.41) is 21.1. The van der Waals surface area contributed by atoms with Crippen LogP contribution in [0.1, 0.15) is 82.7 Å². The van der Waals surface area contributed by atoms with Crippen molar-refractivity contribution in [3.05, 3.63) is 17.8 Å². The molecule has 11 nitrogen and oxygen atoms in total. The fourth-order valence-corrected chi connectivity index (χ4v) is 3.54. The second-order valence-corrected chi connectivity index (χ2v) is 9.46. The van der Waals surface area contributed by atoms with E-state index < -0.39 is 42.0 Å². The Hall–Kier alpha value is -2.95. The predicted molar refractivity (Wildman–Crippen MR) is 123 cm³/mol. The molecule has 2 rings (SSSR count). The fraction of sp³-hybridized carbons (Fsp3) is 0.696. The third kappa shape index (κ3) is 7.82. The van der Waals surface area contributed by atoms with Crippen molar-refractivity contribution >= 4 is 23.6 Å². The van der Waals surface area contributed by atoms with Gasteiger partial charge in [-0.2, -0.15) is 0 Å². The summed E-state index contributed by atoms with van der Waals surface area (Å²) in [5.74, 6) is -1.90. The van der Waals surface area contributed by atoms with Crippen LogP contribution in [0, 0.1) is 11.8 Å². The number of amides is 4. The number of aliphatic hydroxyl groups excluding tert-OH is 1. The highest BCUT2D eigenvalue weighted by molar-refractivity contribution is 5.93. The van der Waals surface area contributed by atoms with Crippen molar-refractivity contribution in [1.29, 1.82) is 0 Å². The standard InChI is InChI=1S/C23H37N5O6/c1-12(2)10-16-23-27-17(11-34-23)20(31)24-9-7-6-8-15(25-19(30)13(3)4)21(32)28-18(14(5)29)22(33)26-16/h11-16,18,29H,6-10H2,1-5H3,(H,24,31)(H,25,30)(H,26,33)(H,28,32)/t14-,15+,16+,18+/m1/s1. The summed E-state index contributed by atoms with van der Waals surface area (Å²) in [7, 11) is 0. The molecule has 1 aromatic heterocycles. The Bertz CT molecular complexity index is 866. The minimum atomic E-state index is -1.26. The number of rotatable bonds is 5. The first-order valence-electron chi connectivity index (χ1n) is 11.8. The van der Waals surface area contributed by atoms with Crippen LogP contribution in [0.25, 0.3) is 0 Å². The van der Waals surface area contributed by atoms with Crippen LogP contribution in [0.15, 0.2) is 10.7 Å². The maximum Gasteiger partial charge on any atom is 0.273 e. The van der Waals surface area contributed by atoms with E-state index in [2.05, 4.69) is 26.3 Å². The Morgan fingerprint density at radius 1 is 1.15 bits per heavy atom. The van der Waals surface area contributed by atoms with Crippen LogP contribution in [-0.2, 0) is 14.4 Å². The Morgan fingerprint density at radius 3 is 2.47 bits per heavy atom. The van der Waals surface area contributed by atoms with E-state index in [-0.39, 0.29) is 29.3 Å². The lowest BCUT2D eigenvalue weighted by molar-refractivity contribution is -0.135. The third-order valence-corrected chi connectivity index (χ3v) is 5.50. The molecule has 0 spiro atoms. The number of oxazole rings is 1. The molecular formula is C23H37N5O6. The maximum atomic E-state index is 13.1. The van der Waals surface area contributed by atoms with E-state index in [4.69, 9.17) is 4.42 Å². The predicted octanol–water partition coefficient (Wildman–Crippen LogP) is 0.798. The van der Waals surface area contributed by atoms with Crippen LogP contribution in [0.2, 0.25) is 0 Å². The van der Waals surface area contributed by atoms with Gasteiger partial charge >= 0.3 is 0 Å². The molecule has 11 heteroatoms. The molecule has 190 valence electrons. The van der Waals surface area contributed by atoms with Gasteiger partial charge in [-0.15, -0.1) is 0 Å². The molecular weight excluding hydrogens is 442 g/mol. The van der Waals surface area contributed by atoms with E-state index in [9.17, 15) is 24.3 Å². The molecule has 0 aromatic carbocycles. The van der Waals surface area contributed by atoms with Crippen molar-refractivity contribution in [1.82, 2.24) is 26.3 Å². The summed E-state index contributed by atoms with van der Waals surface area (Å²) >= 11 is 0. The maximum absolute atomic E-state index is 13.1. The number of aliphatic hydroxyl groups is 1. The molecule has 1 aliphatic heterocycles. The van der Waals surface area contributed by atoms with E-state index in [1.165, 1.54) is 13.2 Å². The summed E-state index contributed by atoms with van der Waals surface area (Å²) < 4.78 is 5.49. The van der Waals surface area contributed by atoms with Crippen molar-refractivity contribution in [2.75, 3.05) is 6.54 Å². The first kappa shape index (κ1) is 27.3. The zero-order valence-electron chi connectivity index (χ0n) is 20.5. The first-order valence-corrected chi connectivity index (χ1v) is 11.8. The number of fused-ring (bicyclic) bond motifs is 2. The second kappa shape index (κ2) is 12.5. The van der Waals surface area contributed by atoms with Gasteiger partial charge in [0.2, 0.25) is 23.6 Å². The van der Waals surface area contributed by atoms with Gasteiger partial charge in [-0.1, -0.05) is 27.7 Å². The van der Waals surface area contributed by atoms with E-state index in [1.807, 2.05) is 13.8 Å². The third-order valence-electron chi connectivity index (χ3n) is 5.50. The van der Waals surface area contributed by atoms with Gasteiger partial charge in [0.05, 0.1) is 6.10 Å². The zero-order valence-corrected chi connectivity index (χ0v) is 20.5. The van der Waals surface area contributed by atoms with Gasteiger partial charge in [0.25, 0.3) is 5.91 Å². The number of nitrogens with one attached hydrogen (secondary N) is 4. The van der Waals surface area contributed by atoms with Gasteiger partial charge in [0.15, 0.2) is 5.69 Å². The largest absolute Gasteiger partial charge is 0.446 e. The van der Waals surface area contributed by atoms with Gasteiger partial charge < -0.3 is 30.8 Å². The average molecular weight is 480 g/mol. The number of hydrogen-bond acceptors (Lipinski definition) is 7. The van der Waals surface area contributed by atoms with Crippen molar-refractivity contribution in [2.45, 2.75) is 84.5 Å². The van der Waals surface area contributed by atoms with Crippen LogP contribution in [0.5, 0.6) is 0 Å². The Kier molecular flexibility index (Phi) is 10.0. The molecule has 0 saturated carbocycles. The lowest BCUT2D eigenvalue weighted by Gasteiger charge is -2.27. The quantitative estimate of drug-likeness (QED) is 0.417. The molecule has 0 radical (unpaired) electrons. The smallest absolute Gasteiger partial charge is 0.273 e. The van der Waals surface area contributed by atoms with E-state index >= 15 is 0 Å². The summed E-state index contributed by atoms with van der Waals surface area (Å²) in [4.78, 5) is 55.0. The van der Waals surface area contributed by atoms with Crippen LogP contribution in [-0.4, -0.2) is 58.5 Å². The molecule has 5 N–H and O–H groups in total. The fourth-order valence-electron chi connectivity index (χ4n) is 3.54. The van der Waals surface area contributed by atoms with Crippen LogP contribution >= 0.6 is 0 Å². The zero-order chi connectivity index (χ0) is 25.4. The number of carbonyl (C=O) groups excluding carboxylic acids is 4. The molecule has 4 atom stereocenters. The van der Waals surface area contributed by atoms with Gasteiger partial charge in [-0.25, -0.2) is 4.98 Å². The lowest BCUT2D eigenvalue weighted by atomic mass is 10.0. The van der Waals surface area contributed by atoms with Crippen molar-refractivity contribution in [3.63, 3.8) is 0 Å². The van der Waals surface area contributed by atoms with Crippen molar-refractivity contribution in [3.8, 4) is 0 Å². The lowest BCUT2D eigenvalue weighted by Crippen LogP contribution is -2.57. The average Bonchev–Trinajstić information content (AvgIpc) is 3.24. The molecule has 0 aliphatic carbocycles. The highest BCUT2D eigenvalue weighted by atomic mass is 16.3. The highest BCUT2D eigenvalue weighted by Crippen LogP contribution is 2.21. The normalized spacial score (nSPS) is 23.8. The number of carbonyl (C=O) groups is 4. The van der Waals surface area contributed by atoms with Gasteiger partial charge in [0, 0.05) is 12.5 Å². The van der Waals surface area contributed by atoms with E-state index in [1.54, 1.807) is 13.8 Å². The van der Waals surface area contributed by atoms with Crippen LogP contribution in [0.3, 0.4) is 0 Å². The Morgan fingerprint density at radius 2 is 1.85 bits per heavy atom. The monoisotopic (exact) mass is 479 g/mol. The molecule has 34 heavy (non-hydrogen) atoms. The molecule has 0 saturated heterocycles. The van der Waals surface area contributed by atoms with Gasteiger partial charge in [0.1, 0.15) is 24.4 Å². The summed E-state index contributed by atoms with van der Waals surface area (Å²) in [6.07, 6.45) is 1.90. The van der Waals surface area contributed by atoms with E-state index in [0.29, 0.717) is 32.2 Å². The minimum Gasteiger partial charge on any atom is -0.446 e. The topological polar surface area (TPSA) is 163 Å². The number of nitrogens with zero attached hydrogens (tertiary/aromatic N) is 1. The number of hydrogen-bond donors (Lipinski definition) is 5. The second-order valence-electron chi connectivity index (χ2n) is 9.46. The Labute approximate surface area is 199 Å². The van der Waals surface area contributed by atoms with Crippen LogP contribution in [0.4, 0.5) is 0 Å². The molecule has 1 aromatic rings. The number of aromatic nitrogens is 1. The van der Waals surface area contributed by atoms with Gasteiger partial charge in [-0.3, -0.25) is 19.2 Å². The molecule has 2 heterocycles. The molecule has 1 aliphatic rings. The highest BCUT2D eigenvalue weighted by Gasteiger charge is 2.32. The molecule has 0 unspecified atom stereocenters. The molecule has 0 fully saturated rings. The van der Waals surface area contributed by atoms with Crippen molar-refractivity contribution < 1.29 is 28.7 Å². The van der Waals surface area contributed by atoms with Gasteiger partial charge in [-0.05, 0) is 38.5 Å². The molecule has 2 bridgehead atoms. The van der Waals surface area contributed by atoms with E-state index in [0.717, 1.165) is 0 Å². The SMILES string of the molecule is CC(C)C[C@@H]1NC(=O)[C@H]([C@@H](C)O)NC(=O)[C@@H](NC(=O)C(C)C)CCCCNC(=O)c2coc1n2. The minimum absolute atomic E-state index is 0.104. The first-order chi connectivity index (χ1) is 16.0. The Balaban J connectivity index is 2.34. The summed E-state index contributed by atoms with van der Waals surface area (Å²) in [5.41, 5.74) is 0.104. The summed E-state index contributed by atoms with van der Waals surface area (Å²) in [6, 6.07) is -2.81.